The summed E-state index contributed by atoms with van der Waals surface area (Å²) in [4.78, 5) is 4.31. The molecule has 0 saturated heterocycles. The van der Waals surface area contributed by atoms with Crippen LogP contribution in [0.2, 0.25) is 0 Å². The number of rotatable bonds is 2. The molecule has 0 spiro atoms. The van der Waals surface area contributed by atoms with Crippen molar-refractivity contribution < 1.29 is 0 Å². The normalized spacial score (nSPS) is 27.9. The van der Waals surface area contributed by atoms with Gasteiger partial charge < -0.3 is 11.5 Å². The fraction of sp³-hybridized carbons (Fsp3) is 0.462. The maximum absolute atomic E-state index is 6.52. The maximum atomic E-state index is 6.52. The summed E-state index contributed by atoms with van der Waals surface area (Å²) in [6.07, 6.45) is 0.789. The monoisotopic (exact) mass is 251 g/mol. The minimum absolute atomic E-state index is 0.395. The Balaban J connectivity index is 2.55. The van der Waals surface area contributed by atoms with E-state index in [1.54, 1.807) is 0 Å². The molecule has 4 N–H and O–H groups in total. The van der Waals surface area contributed by atoms with Gasteiger partial charge in [0.25, 0.3) is 0 Å². The predicted octanol–water partition coefficient (Wildman–Crippen LogP) is 2.50. The van der Waals surface area contributed by atoms with Crippen LogP contribution >= 0.6 is 11.6 Å². The van der Waals surface area contributed by atoms with Gasteiger partial charge in [-0.1, -0.05) is 43.6 Å². The molecule has 0 aromatic heterocycles. The molecule has 2 unspecified atom stereocenters. The van der Waals surface area contributed by atoms with Crippen LogP contribution in [0.3, 0.4) is 0 Å². The van der Waals surface area contributed by atoms with E-state index in [1.165, 1.54) is 0 Å². The number of aliphatic imine (C=N–C) groups is 1. The zero-order chi connectivity index (χ0) is 12.6. The average Bonchev–Trinajstić information content (AvgIpc) is 2.26. The van der Waals surface area contributed by atoms with Crippen LogP contribution in [0.15, 0.2) is 29.3 Å². The van der Waals surface area contributed by atoms with E-state index in [-0.39, 0.29) is 0 Å². The molecule has 17 heavy (non-hydrogen) atoms. The van der Waals surface area contributed by atoms with Crippen molar-refractivity contribution in [2.75, 3.05) is 0 Å². The molecule has 0 radical (unpaired) electrons. The molecular formula is C13H18ClN3. The first kappa shape index (κ1) is 12.6. The van der Waals surface area contributed by atoms with Crippen molar-refractivity contribution in [2.24, 2.45) is 22.4 Å². The van der Waals surface area contributed by atoms with Gasteiger partial charge in [-0.25, -0.2) is 4.99 Å². The second-order valence-corrected chi connectivity index (χ2v) is 5.45. The summed E-state index contributed by atoms with van der Waals surface area (Å²) in [5.74, 6) is 0.446. The van der Waals surface area contributed by atoms with Crippen molar-refractivity contribution >= 4 is 22.5 Å². The molecule has 0 amide bonds. The highest BCUT2D eigenvalue weighted by Gasteiger charge is 2.41. The SMILES string of the molecule is CC(C)CC1(N)c2ccccc2N=C(Cl)C1N. The molecular weight excluding hydrogens is 234 g/mol. The van der Waals surface area contributed by atoms with Crippen LogP contribution in [0.5, 0.6) is 0 Å². The highest BCUT2D eigenvalue weighted by Crippen LogP contribution is 2.39. The molecule has 1 aromatic rings. The van der Waals surface area contributed by atoms with Crippen LogP contribution in [0.1, 0.15) is 25.8 Å². The van der Waals surface area contributed by atoms with Gasteiger partial charge in [0.1, 0.15) is 5.17 Å². The Hall–Kier alpha value is -0.900. The summed E-state index contributed by atoms with van der Waals surface area (Å²) in [5, 5.41) is 0.395. The number of fused-ring (bicyclic) bond motifs is 1. The fourth-order valence-corrected chi connectivity index (χ4v) is 2.73. The Morgan fingerprint density at radius 2 is 2.06 bits per heavy atom. The lowest BCUT2D eigenvalue weighted by molar-refractivity contribution is 0.328. The Kier molecular flexibility index (Phi) is 3.25. The van der Waals surface area contributed by atoms with Gasteiger partial charge in [-0.15, -0.1) is 0 Å². The summed E-state index contributed by atoms with van der Waals surface area (Å²) in [6.45, 7) is 4.26. The van der Waals surface area contributed by atoms with Gasteiger partial charge in [-0.05, 0) is 24.0 Å². The number of para-hydroxylation sites is 1. The minimum Gasteiger partial charge on any atom is -0.320 e. The second kappa shape index (κ2) is 4.41. The molecule has 1 aromatic carbocycles. The van der Waals surface area contributed by atoms with Crippen LogP contribution in [0, 0.1) is 5.92 Å². The van der Waals surface area contributed by atoms with E-state index in [4.69, 9.17) is 23.1 Å². The van der Waals surface area contributed by atoms with E-state index in [9.17, 15) is 0 Å². The molecule has 2 atom stereocenters. The molecule has 0 bridgehead atoms. The standard InChI is InChI=1S/C13H18ClN3/c1-8(2)7-13(16)9-5-3-4-6-10(9)17-12(14)11(13)15/h3-6,8,11H,7,15-16H2,1-2H3. The largest absolute Gasteiger partial charge is 0.320 e. The van der Waals surface area contributed by atoms with Crippen molar-refractivity contribution in [3.05, 3.63) is 29.8 Å². The highest BCUT2D eigenvalue weighted by atomic mass is 35.5. The molecule has 0 aliphatic carbocycles. The molecule has 92 valence electrons. The van der Waals surface area contributed by atoms with Crippen LogP contribution in [-0.4, -0.2) is 11.2 Å². The van der Waals surface area contributed by atoms with Crippen molar-refractivity contribution in [1.82, 2.24) is 0 Å². The first-order valence-electron chi connectivity index (χ1n) is 5.83. The number of nitrogens with zero attached hydrogens (tertiary/aromatic N) is 1. The number of hydrogen-bond donors (Lipinski definition) is 2. The van der Waals surface area contributed by atoms with E-state index in [1.807, 2.05) is 24.3 Å². The van der Waals surface area contributed by atoms with Gasteiger partial charge >= 0.3 is 0 Å². The summed E-state index contributed by atoms with van der Waals surface area (Å²) in [7, 11) is 0. The zero-order valence-electron chi connectivity index (χ0n) is 10.2. The number of benzene rings is 1. The Morgan fingerprint density at radius 1 is 1.41 bits per heavy atom. The third-order valence-corrected chi connectivity index (χ3v) is 3.51. The second-order valence-electron chi connectivity index (χ2n) is 5.07. The summed E-state index contributed by atoms with van der Waals surface area (Å²) < 4.78 is 0. The number of halogens is 1. The molecule has 0 saturated carbocycles. The van der Waals surface area contributed by atoms with Crippen LogP contribution in [0.25, 0.3) is 0 Å². The first-order chi connectivity index (χ1) is 7.95. The molecule has 1 heterocycles. The van der Waals surface area contributed by atoms with Gasteiger partial charge in [0.05, 0.1) is 17.3 Å². The Labute approximate surface area is 107 Å². The zero-order valence-corrected chi connectivity index (χ0v) is 10.9. The van der Waals surface area contributed by atoms with Gasteiger partial charge in [-0.3, -0.25) is 0 Å². The van der Waals surface area contributed by atoms with Crippen LogP contribution in [0.4, 0.5) is 5.69 Å². The minimum atomic E-state index is -0.621. The summed E-state index contributed by atoms with van der Waals surface area (Å²) >= 11 is 6.11. The lowest BCUT2D eigenvalue weighted by Gasteiger charge is -2.39. The van der Waals surface area contributed by atoms with Gasteiger partial charge in [0, 0.05) is 0 Å². The van der Waals surface area contributed by atoms with Crippen LogP contribution in [-0.2, 0) is 5.54 Å². The van der Waals surface area contributed by atoms with Gasteiger partial charge in [0.2, 0.25) is 0 Å². The van der Waals surface area contributed by atoms with Crippen molar-refractivity contribution in [3.8, 4) is 0 Å². The van der Waals surface area contributed by atoms with Gasteiger partial charge in [-0.2, -0.15) is 0 Å². The van der Waals surface area contributed by atoms with E-state index < -0.39 is 11.6 Å². The molecule has 1 aliphatic rings. The first-order valence-corrected chi connectivity index (χ1v) is 6.21. The van der Waals surface area contributed by atoms with Crippen molar-refractivity contribution in [3.63, 3.8) is 0 Å². The average molecular weight is 252 g/mol. The van der Waals surface area contributed by atoms with E-state index in [0.29, 0.717) is 11.1 Å². The van der Waals surface area contributed by atoms with Gasteiger partial charge in [0.15, 0.2) is 0 Å². The Morgan fingerprint density at radius 3 is 2.71 bits per heavy atom. The van der Waals surface area contributed by atoms with E-state index in [2.05, 4.69) is 18.8 Å². The number of hydrogen-bond acceptors (Lipinski definition) is 3. The lowest BCUT2D eigenvalue weighted by atomic mass is 9.76. The molecule has 1 aliphatic heterocycles. The number of nitrogens with two attached hydrogens (primary N) is 2. The summed E-state index contributed by atoms with van der Waals surface area (Å²) in [5.41, 5.74) is 13.9. The topological polar surface area (TPSA) is 64.4 Å². The lowest BCUT2D eigenvalue weighted by Crippen LogP contribution is -2.57. The smallest absolute Gasteiger partial charge is 0.125 e. The molecule has 2 rings (SSSR count). The fourth-order valence-electron chi connectivity index (χ4n) is 2.44. The molecule has 3 nitrogen and oxygen atoms in total. The predicted molar refractivity (Wildman–Crippen MR) is 72.7 cm³/mol. The molecule has 0 fully saturated rings. The van der Waals surface area contributed by atoms with Crippen molar-refractivity contribution in [2.45, 2.75) is 31.8 Å². The van der Waals surface area contributed by atoms with E-state index >= 15 is 0 Å². The van der Waals surface area contributed by atoms with Crippen molar-refractivity contribution in [1.29, 1.82) is 0 Å². The third kappa shape index (κ3) is 2.10. The molecule has 4 heteroatoms. The van der Waals surface area contributed by atoms with E-state index in [0.717, 1.165) is 17.7 Å². The summed E-state index contributed by atoms with van der Waals surface area (Å²) in [6, 6.07) is 7.37. The van der Waals surface area contributed by atoms with Crippen LogP contribution < -0.4 is 11.5 Å². The third-order valence-electron chi connectivity index (χ3n) is 3.19. The maximum Gasteiger partial charge on any atom is 0.125 e. The quantitative estimate of drug-likeness (QED) is 0.848. The Bertz CT molecular complexity index is 456. The highest BCUT2D eigenvalue weighted by molar-refractivity contribution is 6.67.